The van der Waals surface area contributed by atoms with Crippen LogP contribution in [0.4, 0.5) is 5.69 Å². The quantitative estimate of drug-likeness (QED) is 0.691. The third-order valence-corrected chi connectivity index (χ3v) is 2.41. The first-order valence-electron chi connectivity index (χ1n) is 5.74. The topological polar surface area (TPSA) is 97.1 Å². The normalized spacial score (nSPS) is 12.0. The standard InChI is InChI=1S/C12H18N4O2/c1-8(2)11(13)12(18)15-7-10(17)16-9-3-5-14-6-4-9/h3-6,8,11H,7,13H2,1-2H3,(H,15,18)(H,14,16,17)/t11-/m0/s1. The van der Waals surface area contributed by atoms with E-state index in [0.717, 1.165) is 0 Å². The van der Waals surface area contributed by atoms with Crippen molar-refractivity contribution in [2.24, 2.45) is 11.7 Å². The van der Waals surface area contributed by atoms with Crippen LogP contribution in [0.15, 0.2) is 24.5 Å². The molecule has 1 aromatic rings. The summed E-state index contributed by atoms with van der Waals surface area (Å²) in [6.07, 6.45) is 3.14. The first kappa shape index (κ1) is 14.1. The molecule has 0 saturated heterocycles. The molecule has 0 bridgehead atoms. The molecule has 0 radical (unpaired) electrons. The maximum Gasteiger partial charge on any atom is 0.243 e. The van der Waals surface area contributed by atoms with Gasteiger partial charge in [-0.1, -0.05) is 13.8 Å². The molecular weight excluding hydrogens is 232 g/mol. The van der Waals surface area contributed by atoms with Crippen LogP contribution in [0.1, 0.15) is 13.8 Å². The molecule has 0 unspecified atom stereocenters. The smallest absolute Gasteiger partial charge is 0.243 e. The van der Waals surface area contributed by atoms with E-state index in [4.69, 9.17) is 5.73 Å². The molecule has 6 nitrogen and oxygen atoms in total. The van der Waals surface area contributed by atoms with E-state index in [1.165, 1.54) is 0 Å². The SMILES string of the molecule is CC(C)[C@H](N)C(=O)NCC(=O)Nc1ccncc1. The van der Waals surface area contributed by atoms with Gasteiger partial charge < -0.3 is 16.4 Å². The summed E-state index contributed by atoms with van der Waals surface area (Å²) in [5, 5.41) is 5.12. The van der Waals surface area contributed by atoms with Crippen molar-refractivity contribution in [3.05, 3.63) is 24.5 Å². The van der Waals surface area contributed by atoms with E-state index in [1.54, 1.807) is 24.5 Å². The Morgan fingerprint density at radius 3 is 2.50 bits per heavy atom. The highest BCUT2D eigenvalue weighted by atomic mass is 16.2. The minimum absolute atomic E-state index is 0.0354. The van der Waals surface area contributed by atoms with Crippen molar-refractivity contribution in [2.45, 2.75) is 19.9 Å². The second-order valence-corrected chi connectivity index (χ2v) is 4.27. The van der Waals surface area contributed by atoms with Crippen molar-refractivity contribution in [3.8, 4) is 0 Å². The molecule has 0 spiro atoms. The number of carbonyl (C=O) groups is 2. The summed E-state index contributed by atoms with van der Waals surface area (Å²) in [6, 6.07) is 2.73. The van der Waals surface area contributed by atoms with Gasteiger partial charge in [0.2, 0.25) is 11.8 Å². The summed E-state index contributed by atoms with van der Waals surface area (Å²) in [7, 11) is 0. The second kappa shape index (κ2) is 6.70. The van der Waals surface area contributed by atoms with Gasteiger partial charge in [0, 0.05) is 18.1 Å². The van der Waals surface area contributed by atoms with Gasteiger partial charge in [-0.25, -0.2) is 0 Å². The number of hydrogen-bond acceptors (Lipinski definition) is 4. The van der Waals surface area contributed by atoms with Crippen molar-refractivity contribution >= 4 is 17.5 Å². The number of aromatic nitrogens is 1. The van der Waals surface area contributed by atoms with Gasteiger partial charge in [-0.05, 0) is 18.1 Å². The molecule has 2 amide bonds. The fourth-order valence-corrected chi connectivity index (χ4v) is 1.23. The Hall–Kier alpha value is -1.95. The minimum atomic E-state index is -0.598. The van der Waals surface area contributed by atoms with Crippen molar-refractivity contribution in [3.63, 3.8) is 0 Å². The molecule has 0 saturated carbocycles. The van der Waals surface area contributed by atoms with E-state index < -0.39 is 6.04 Å². The molecule has 1 heterocycles. The van der Waals surface area contributed by atoms with E-state index in [2.05, 4.69) is 15.6 Å². The van der Waals surface area contributed by atoms with Crippen LogP contribution in [-0.4, -0.2) is 29.4 Å². The molecule has 0 aliphatic heterocycles. The van der Waals surface area contributed by atoms with Crippen LogP contribution < -0.4 is 16.4 Å². The predicted molar refractivity (Wildman–Crippen MR) is 68.7 cm³/mol. The summed E-state index contributed by atoms with van der Waals surface area (Å²) in [4.78, 5) is 26.9. The van der Waals surface area contributed by atoms with Crippen LogP contribution >= 0.6 is 0 Å². The number of amides is 2. The Morgan fingerprint density at radius 1 is 1.33 bits per heavy atom. The van der Waals surface area contributed by atoms with Crippen LogP contribution in [0.3, 0.4) is 0 Å². The number of carbonyl (C=O) groups excluding carboxylic acids is 2. The molecule has 6 heteroatoms. The monoisotopic (exact) mass is 250 g/mol. The highest BCUT2D eigenvalue weighted by Gasteiger charge is 2.17. The van der Waals surface area contributed by atoms with E-state index in [9.17, 15) is 9.59 Å². The Balaban J connectivity index is 2.36. The molecule has 1 atom stereocenters. The van der Waals surface area contributed by atoms with Gasteiger partial charge >= 0.3 is 0 Å². The van der Waals surface area contributed by atoms with Crippen molar-refractivity contribution in [2.75, 3.05) is 11.9 Å². The van der Waals surface area contributed by atoms with Gasteiger partial charge in [-0.15, -0.1) is 0 Å². The Bertz CT molecular complexity index is 406. The minimum Gasteiger partial charge on any atom is -0.346 e. The Labute approximate surface area is 106 Å². The van der Waals surface area contributed by atoms with Crippen LogP contribution in [0.2, 0.25) is 0 Å². The number of nitrogens with one attached hydrogen (secondary N) is 2. The zero-order chi connectivity index (χ0) is 13.5. The van der Waals surface area contributed by atoms with E-state index in [0.29, 0.717) is 5.69 Å². The first-order chi connectivity index (χ1) is 8.50. The van der Waals surface area contributed by atoms with Gasteiger partial charge in [0.1, 0.15) is 0 Å². The molecule has 0 aliphatic carbocycles. The molecular formula is C12H18N4O2. The number of pyridine rings is 1. The van der Waals surface area contributed by atoms with Gasteiger partial charge in [0.15, 0.2) is 0 Å². The third kappa shape index (κ3) is 4.50. The van der Waals surface area contributed by atoms with Crippen molar-refractivity contribution in [1.29, 1.82) is 0 Å². The molecule has 0 aromatic carbocycles. The maximum absolute atomic E-state index is 11.5. The molecule has 4 N–H and O–H groups in total. The van der Waals surface area contributed by atoms with Gasteiger partial charge in [0.25, 0.3) is 0 Å². The van der Waals surface area contributed by atoms with Crippen LogP contribution in [-0.2, 0) is 9.59 Å². The molecule has 1 rings (SSSR count). The van der Waals surface area contributed by atoms with Crippen LogP contribution in [0.5, 0.6) is 0 Å². The summed E-state index contributed by atoms with van der Waals surface area (Å²) in [6.45, 7) is 3.60. The van der Waals surface area contributed by atoms with Crippen LogP contribution in [0.25, 0.3) is 0 Å². The summed E-state index contributed by atoms with van der Waals surface area (Å²) >= 11 is 0. The highest BCUT2D eigenvalue weighted by Crippen LogP contribution is 2.02. The first-order valence-corrected chi connectivity index (χ1v) is 5.74. The van der Waals surface area contributed by atoms with E-state index >= 15 is 0 Å². The summed E-state index contributed by atoms with van der Waals surface area (Å²) in [5.74, 6) is -0.589. The predicted octanol–water partition coefficient (Wildman–Crippen LogP) is 0.120. The lowest BCUT2D eigenvalue weighted by Gasteiger charge is -2.15. The van der Waals surface area contributed by atoms with Crippen molar-refractivity contribution < 1.29 is 9.59 Å². The molecule has 1 aromatic heterocycles. The number of nitrogens with two attached hydrogens (primary N) is 1. The lowest BCUT2D eigenvalue weighted by molar-refractivity contribution is -0.125. The van der Waals surface area contributed by atoms with E-state index in [1.807, 2.05) is 13.8 Å². The molecule has 0 fully saturated rings. The average Bonchev–Trinajstić information content (AvgIpc) is 2.36. The van der Waals surface area contributed by atoms with Crippen LogP contribution in [0, 0.1) is 5.92 Å². The molecule has 18 heavy (non-hydrogen) atoms. The average molecular weight is 250 g/mol. The zero-order valence-electron chi connectivity index (χ0n) is 10.5. The lowest BCUT2D eigenvalue weighted by Crippen LogP contribution is -2.46. The largest absolute Gasteiger partial charge is 0.346 e. The highest BCUT2D eigenvalue weighted by molar-refractivity contribution is 5.95. The summed E-state index contributed by atoms with van der Waals surface area (Å²) in [5.41, 5.74) is 6.28. The fraction of sp³-hybridized carbons (Fsp3) is 0.417. The summed E-state index contributed by atoms with van der Waals surface area (Å²) < 4.78 is 0. The zero-order valence-corrected chi connectivity index (χ0v) is 10.5. The number of anilines is 1. The molecule has 98 valence electrons. The third-order valence-electron chi connectivity index (χ3n) is 2.41. The fourth-order valence-electron chi connectivity index (χ4n) is 1.23. The Morgan fingerprint density at radius 2 is 1.94 bits per heavy atom. The van der Waals surface area contributed by atoms with Gasteiger partial charge in [0.05, 0.1) is 12.6 Å². The maximum atomic E-state index is 11.5. The Kier molecular flexibility index (Phi) is 5.26. The number of hydrogen-bond donors (Lipinski definition) is 3. The molecule has 0 aliphatic rings. The second-order valence-electron chi connectivity index (χ2n) is 4.27. The number of rotatable bonds is 5. The number of nitrogens with zero attached hydrogens (tertiary/aromatic N) is 1. The van der Waals surface area contributed by atoms with Gasteiger partial charge in [-0.2, -0.15) is 0 Å². The lowest BCUT2D eigenvalue weighted by atomic mass is 10.1. The van der Waals surface area contributed by atoms with Gasteiger partial charge in [-0.3, -0.25) is 14.6 Å². The van der Waals surface area contributed by atoms with Crippen molar-refractivity contribution in [1.82, 2.24) is 10.3 Å². The van der Waals surface area contributed by atoms with E-state index in [-0.39, 0.29) is 24.3 Å².